The van der Waals surface area contributed by atoms with Crippen LogP contribution in [0.15, 0.2) is 48.0 Å². The molecule has 2 aromatic carbocycles. The number of ketones is 1. The fraction of sp³-hybridized carbons (Fsp3) is 0.231. The lowest BCUT2D eigenvalue weighted by Gasteiger charge is -2.23. The Hall–Kier alpha value is -4.25. The van der Waals surface area contributed by atoms with E-state index in [1.54, 1.807) is 32.0 Å². The van der Waals surface area contributed by atoms with Gasteiger partial charge in [-0.15, -0.1) is 0 Å². The molecule has 1 saturated heterocycles. The van der Waals surface area contributed by atoms with E-state index in [2.05, 4.69) is 4.98 Å². The number of carbonyl (C=O) groups is 3. The number of esters is 1. The second-order valence-electron chi connectivity index (χ2n) is 7.92. The number of halogens is 1. The summed E-state index contributed by atoms with van der Waals surface area (Å²) in [4.78, 5) is 44.7. The summed E-state index contributed by atoms with van der Waals surface area (Å²) in [7, 11) is 2.90. The van der Waals surface area contributed by atoms with Gasteiger partial charge < -0.3 is 19.3 Å². The van der Waals surface area contributed by atoms with Crippen molar-refractivity contribution in [3.63, 3.8) is 0 Å². The van der Waals surface area contributed by atoms with Crippen LogP contribution < -0.4 is 14.4 Å². The highest BCUT2D eigenvalue weighted by Crippen LogP contribution is 2.45. The zero-order chi connectivity index (χ0) is 26.9. The van der Waals surface area contributed by atoms with E-state index in [-0.39, 0.29) is 27.8 Å². The van der Waals surface area contributed by atoms with Crippen LogP contribution in [0.4, 0.5) is 9.52 Å². The molecule has 0 spiro atoms. The van der Waals surface area contributed by atoms with Gasteiger partial charge in [-0.25, -0.2) is 14.2 Å². The molecule has 37 heavy (non-hydrogen) atoms. The molecule has 1 fully saturated rings. The Balaban J connectivity index is 1.94. The van der Waals surface area contributed by atoms with E-state index in [0.29, 0.717) is 22.8 Å². The number of rotatable bonds is 7. The highest BCUT2D eigenvalue weighted by atomic mass is 32.1. The minimum Gasteiger partial charge on any atom is -0.507 e. The van der Waals surface area contributed by atoms with Gasteiger partial charge in [0.2, 0.25) is 0 Å². The molecule has 0 aliphatic carbocycles. The van der Waals surface area contributed by atoms with E-state index in [9.17, 15) is 23.9 Å². The molecular weight excluding hydrogens is 503 g/mol. The first-order valence-corrected chi connectivity index (χ1v) is 12.0. The van der Waals surface area contributed by atoms with Gasteiger partial charge >= 0.3 is 11.9 Å². The smallest absolute Gasteiger partial charge is 0.350 e. The molecule has 1 aliphatic rings. The van der Waals surface area contributed by atoms with Crippen molar-refractivity contribution in [2.75, 3.05) is 25.7 Å². The van der Waals surface area contributed by atoms with Crippen molar-refractivity contribution < 1.29 is 38.1 Å². The zero-order valence-electron chi connectivity index (χ0n) is 20.4. The number of benzene rings is 2. The molecule has 1 aromatic heterocycles. The Morgan fingerprint density at radius 2 is 1.78 bits per heavy atom. The van der Waals surface area contributed by atoms with Gasteiger partial charge in [-0.3, -0.25) is 14.5 Å². The molecule has 0 unspecified atom stereocenters. The molecule has 1 N–H and O–H groups in total. The van der Waals surface area contributed by atoms with Crippen LogP contribution in [-0.2, 0) is 14.3 Å². The van der Waals surface area contributed by atoms with E-state index >= 15 is 0 Å². The first-order valence-electron chi connectivity index (χ1n) is 11.1. The van der Waals surface area contributed by atoms with Crippen LogP contribution in [0.25, 0.3) is 5.76 Å². The number of amides is 1. The van der Waals surface area contributed by atoms with Crippen molar-refractivity contribution >= 4 is 39.9 Å². The highest BCUT2D eigenvalue weighted by Gasteiger charge is 2.48. The van der Waals surface area contributed by atoms with Gasteiger partial charge in [0, 0.05) is 5.56 Å². The first-order chi connectivity index (χ1) is 17.7. The number of hydrogen-bond donors (Lipinski definition) is 1. The molecule has 11 heteroatoms. The van der Waals surface area contributed by atoms with Crippen LogP contribution in [0.2, 0.25) is 0 Å². The lowest BCUT2D eigenvalue weighted by molar-refractivity contribution is -0.132. The maximum absolute atomic E-state index is 13.5. The third-order valence-corrected chi connectivity index (χ3v) is 6.87. The number of aryl methyl sites for hydroxylation is 1. The van der Waals surface area contributed by atoms with Crippen LogP contribution in [0.3, 0.4) is 0 Å². The lowest BCUT2D eigenvalue weighted by Crippen LogP contribution is -2.29. The molecule has 0 bridgehead atoms. The number of hydrogen-bond acceptors (Lipinski definition) is 9. The molecule has 0 radical (unpaired) electrons. The molecular formula is C26H23FN2O7S. The Morgan fingerprint density at radius 1 is 1.11 bits per heavy atom. The maximum atomic E-state index is 13.5. The first kappa shape index (κ1) is 25.8. The van der Waals surface area contributed by atoms with Crippen LogP contribution in [-0.4, -0.2) is 48.6 Å². The average Bonchev–Trinajstić information content (AvgIpc) is 3.40. The number of aliphatic hydroxyl groups excluding tert-OH is 1. The Morgan fingerprint density at radius 3 is 2.41 bits per heavy atom. The summed E-state index contributed by atoms with van der Waals surface area (Å²) in [6.45, 7) is 3.41. The van der Waals surface area contributed by atoms with E-state index in [1.807, 2.05) is 0 Å². The second kappa shape index (κ2) is 10.4. The Bertz CT molecular complexity index is 1410. The summed E-state index contributed by atoms with van der Waals surface area (Å²) in [5.41, 5.74) is 0.651. The third kappa shape index (κ3) is 4.65. The predicted molar refractivity (Wildman–Crippen MR) is 134 cm³/mol. The van der Waals surface area contributed by atoms with E-state index < -0.39 is 35.3 Å². The van der Waals surface area contributed by atoms with Gasteiger partial charge in [0.05, 0.1) is 38.1 Å². The molecule has 2 heterocycles. The number of thiazole rings is 1. The van der Waals surface area contributed by atoms with E-state index in [4.69, 9.17) is 14.2 Å². The van der Waals surface area contributed by atoms with Crippen LogP contribution in [0, 0.1) is 12.7 Å². The quantitative estimate of drug-likeness (QED) is 0.208. The Kier molecular flexibility index (Phi) is 7.25. The number of aliphatic hydroxyl groups is 1. The van der Waals surface area contributed by atoms with Crippen molar-refractivity contribution in [2.24, 2.45) is 0 Å². The number of nitrogens with zero attached hydrogens (tertiary/aromatic N) is 2. The van der Waals surface area contributed by atoms with Crippen LogP contribution >= 0.6 is 11.3 Å². The van der Waals surface area contributed by atoms with Crippen molar-refractivity contribution in [2.45, 2.75) is 19.9 Å². The molecule has 1 aliphatic heterocycles. The fourth-order valence-corrected chi connectivity index (χ4v) is 4.99. The minimum absolute atomic E-state index is 0.0700. The second-order valence-corrected chi connectivity index (χ2v) is 8.90. The number of ether oxygens (including phenoxy) is 3. The van der Waals surface area contributed by atoms with Gasteiger partial charge in [-0.1, -0.05) is 17.4 Å². The number of anilines is 1. The van der Waals surface area contributed by atoms with Gasteiger partial charge in [0.25, 0.3) is 5.78 Å². The van der Waals surface area contributed by atoms with Gasteiger partial charge in [0.15, 0.2) is 16.6 Å². The van der Waals surface area contributed by atoms with Crippen LogP contribution in [0.1, 0.15) is 39.5 Å². The number of Topliss-reactive ketones (excluding diaryl/α,β-unsaturated/α-hetero) is 1. The molecule has 9 nitrogen and oxygen atoms in total. The molecule has 1 amide bonds. The Labute approximate surface area is 215 Å². The van der Waals surface area contributed by atoms with Gasteiger partial charge in [-0.2, -0.15) is 0 Å². The monoisotopic (exact) mass is 526 g/mol. The van der Waals surface area contributed by atoms with Crippen LogP contribution in [0.5, 0.6) is 11.5 Å². The van der Waals surface area contributed by atoms with Crippen molar-refractivity contribution in [3.8, 4) is 11.5 Å². The minimum atomic E-state index is -1.13. The predicted octanol–water partition coefficient (Wildman–Crippen LogP) is 4.41. The standard InChI is InChI=1S/C26H23FN2O7S/c1-5-36-25(33)23-13(2)28-26(37-23)29-20(15-8-11-17(34-3)18(12-15)35-4)19(22(31)24(29)32)21(30)14-6-9-16(27)10-7-14/h6-12,20,30H,5H2,1-4H3/t20-/m0/s1. The van der Waals surface area contributed by atoms with E-state index in [0.717, 1.165) is 28.4 Å². The summed E-state index contributed by atoms with van der Waals surface area (Å²) < 4.78 is 29.3. The average molecular weight is 527 g/mol. The summed E-state index contributed by atoms with van der Waals surface area (Å²) >= 11 is 0.896. The third-order valence-electron chi connectivity index (χ3n) is 5.74. The summed E-state index contributed by atoms with van der Waals surface area (Å²) in [5.74, 6) is -2.79. The summed E-state index contributed by atoms with van der Waals surface area (Å²) in [6.07, 6.45) is 0. The normalized spacial score (nSPS) is 16.7. The lowest BCUT2D eigenvalue weighted by atomic mass is 9.95. The number of aromatic nitrogens is 1. The molecule has 0 saturated carbocycles. The van der Waals surface area contributed by atoms with E-state index in [1.165, 1.54) is 26.4 Å². The topological polar surface area (TPSA) is 115 Å². The van der Waals surface area contributed by atoms with Crippen molar-refractivity contribution in [3.05, 3.63) is 75.6 Å². The molecule has 1 atom stereocenters. The molecule has 3 aromatic rings. The van der Waals surface area contributed by atoms with Gasteiger partial charge in [-0.05, 0) is 55.8 Å². The maximum Gasteiger partial charge on any atom is 0.350 e. The largest absolute Gasteiger partial charge is 0.507 e. The highest BCUT2D eigenvalue weighted by molar-refractivity contribution is 7.17. The van der Waals surface area contributed by atoms with Gasteiger partial charge in [0.1, 0.15) is 16.5 Å². The number of carbonyl (C=O) groups excluding carboxylic acids is 3. The summed E-state index contributed by atoms with van der Waals surface area (Å²) in [6, 6.07) is 8.53. The molecule has 192 valence electrons. The number of methoxy groups -OCH3 is 2. The van der Waals surface area contributed by atoms with Crippen molar-refractivity contribution in [1.82, 2.24) is 4.98 Å². The zero-order valence-corrected chi connectivity index (χ0v) is 21.2. The molecule has 4 rings (SSSR count). The summed E-state index contributed by atoms with van der Waals surface area (Å²) in [5, 5.41) is 11.2. The van der Waals surface area contributed by atoms with Crippen molar-refractivity contribution in [1.29, 1.82) is 0 Å². The SMILES string of the molecule is CCOC(=O)c1sc(N2C(=O)C(=O)C(=C(O)c3ccc(F)cc3)[C@@H]2c2ccc(OC)c(OC)c2)nc1C. The fourth-order valence-electron chi connectivity index (χ4n) is 4.00.